The maximum absolute atomic E-state index is 2.53. The molecule has 228 valence electrons. The number of nitrogens with zero attached hydrogens (tertiary/aromatic N) is 2. The fourth-order valence-corrected chi connectivity index (χ4v) is 12.3. The zero-order valence-corrected chi connectivity index (χ0v) is 28.6. The van der Waals surface area contributed by atoms with Crippen molar-refractivity contribution >= 4 is 88.8 Å². The van der Waals surface area contributed by atoms with Gasteiger partial charge in [0.15, 0.2) is 0 Å². The minimum Gasteiger partial charge on any atom is -0.310 e. The molecule has 0 saturated heterocycles. The first-order valence-electron chi connectivity index (χ1n) is 16.6. The molecule has 10 rings (SSSR count). The van der Waals surface area contributed by atoms with Gasteiger partial charge in [0.1, 0.15) is 8.07 Å². The van der Waals surface area contributed by atoms with E-state index in [1.165, 1.54) is 69.7 Å². The molecule has 0 atom stereocenters. The highest BCUT2D eigenvalue weighted by Crippen LogP contribution is 2.44. The lowest BCUT2D eigenvalue weighted by Gasteiger charge is -2.27. The lowest BCUT2D eigenvalue weighted by Crippen LogP contribution is -2.49. The van der Waals surface area contributed by atoms with Crippen molar-refractivity contribution in [2.75, 3.05) is 4.90 Å². The molecule has 1 aliphatic rings. The zero-order valence-electron chi connectivity index (χ0n) is 26.8. The number of hydrogen-bond donors (Lipinski definition) is 0. The van der Waals surface area contributed by atoms with Gasteiger partial charge in [0.2, 0.25) is 0 Å². The van der Waals surface area contributed by atoms with Crippen molar-refractivity contribution in [3.05, 3.63) is 158 Å². The second-order valence-corrected chi connectivity index (χ2v) is 18.8. The number of fused-ring (bicyclic) bond motifs is 10. The smallest absolute Gasteiger partial charge is 0.113 e. The summed E-state index contributed by atoms with van der Waals surface area (Å²) >= 11 is 1.91. The van der Waals surface area contributed by atoms with Crippen molar-refractivity contribution in [1.29, 1.82) is 0 Å². The maximum Gasteiger partial charge on any atom is 0.113 e. The van der Waals surface area contributed by atoms with E-state index in [1.807, 2.05) is 11.3 Å². The van der Waals surface area contributed by atoms with E-state index >= 15 is 0 Å². The fourth-order valence-electron chi connectivity index (χ4n) is 8.15. The Labute approximate surface area is 284 Å². The summed E-state index contributed by atoms with van der Waals surface area (Å²) in [5.41, 5.74) is 9.96. The molecule has 7 aromatic carbocycles. The fraction of sp³-hybridized carbons (Fsp3) is 0.0455. The normalized spacial score (nSPS) is 13.4. The summed E-state index contributed by atoms with van der Waals surface area (Å²) in [6.45, 7) is 5.05. The van der Waals surface area contributed by atoms with Gasteiger partial charge in [-0.25, -0.2) is 0 Å². The Kier molecular flexibility index (Phi) is 5.93. The zero-order chi connectivity index (χ0) is 32.0. The third-order valence-electron chi connectivity index (χ3n) is 10.4. The van der Waals surface area contributed by atoms with Crippen molar-refractivity contribution in [3.63, 3.8) is 0 Å². The van der Waals surface area contributed by atoms with Gasteiger partial charge in [0, 0.05) is 53.7 Å². The van der Waals surface area contributed by atoms with E-state index in [0.717, 1.165) is 11.4 Å². The third kappa shape index (κ3) is 3.90. The van der Waals surface area contributed by atoms with Gasteiger partial charge < -0.3 is 9.47 Å². The first kappa shape index (κ1) is 27.7. The van der Waals surface area contributed by atoms with Crippen LogP contribution in [-0.4, -0.2) is 12.6 Å². The molecule has 0 radical (unpaired) electrons. The molecule has 1 aliphatic heterocycles. The second kappa shape index (κ2) is 10.3. The standard InChI is InChI=1S/C44H32N2SSi/c1-48(2)41-26-25-40-43(35-18-10-12-20-39(35)47-40)44(41)36-24-22-32(28-42(36)48)45(29-13-5-3-6-14-29)31-21-23-34-33-17-9-11-19-37(33)46(38(34)27-31)30-15-7-4-8-16-30/h3-28H,1-2H3. The van der Waals surface area contributed by atoms with E-state index in [1.54, 1.807) is 5.19 Å². The first-order valence-corrected chi connectivity index (χ1v) is 20.4. The highest BCUT2D eigenvalue weighted by molar-refractivity contribution is 7.26. The van der Waals surface area contributed by atoms with Crippen LogP contribution in [0.1, 0.15) is 0 Å². The van der Waals surface area contributed by atoms with Crippen LogP contribution in [0, 0.1) is 0 Å². The van der Waals surface area contributed by atoms with E-state index in [2.05, 4.69) is 180 Å². The minimum absolute atomic E-state index is 1.15. The van der Waals surface area contributed by atoms with E-state index in [4.69, 9.17) is 0 Å². The highest BCUT2D eigenvalue weighted by atomic mass is 32.1. The summed E-state index contributed by atoms with van der Waals surface area (Å²) < 4.78 is 5.15. The van der Waals surface area contributed by atoms with Crippen LogP contribution < -0.4 is 15.3 Å². The van der Waals surface area contributed by atoms with E-state index in [9.17, 15) is 0 Å². The number of aromatic nitrogens is 1. The molecule has 3 heterocycles. The lowest BCUT2D eigenvalue weighted by atomic mass is 9.99. The predicted octanol–water partition coefficient (Wildman–Crippen LogP) is 11.4. The van der Waals surface area contributed by atoms with E-state index < -0.39 is 8.07 Å². The average molecular weight is 649 g/mol. The molecule has 0 amide bonds. The van der Waals surface area contributed by atoms with Gasteiger partial charge in [0.05, 0.1) is 11.0 Å². The molecular weight excluding hydrogens is 617 g/mol. The van der Waals surface area contributed by atoms with Gasteiger partial charge in [0.25, 0.3) is 0 Å². The Balaban J connectivity index is 1.20. The van der Waals surface area contributed by atoms with Crippen molar-refractivity contribution in [3.8, 4) is 16.8 Å². The highest BCUT2D eigenvalue weighted by Gasteiger charge is 2.39. The Morgan fingerprint density at radius 3 is 2.00 bits per heavy atom. The lowest BCUT2D eigenvalue weighted by molar-refractivity contribution is 1.18. The predicted molar refractivity (Wildman–Crippen MR) is 211 cm³/mol. The minimum atomic E-state index is -1.98. The topological polar surface area (TPSA) is 8.17 Å². The monoisotopic (exact) mass is 648 g/mol. The molecule has 0 bridgehead atoms. The number of benzene rings is 7. The number of hydrogen-bond acceptors (Lipinski definition) is 2. The molecule has 0 fully saturated rings. The Morgan fingerprint density at radius 2 is 1.17 bits per heavy atom. The Bertz CT molecular complexity index is 2700. The molecule has 0 spiro atoms. The van der Waals surface area contributed by atoms with Gasteiger partial charge in [-0.1, -0.05) is 104 Å². The molecule has 4 heteroatoms. The number of para-hydroxylation sites is 3. The molecule has 2 aromatic heterocycles. The summed E-state index contributed by atoms with van der Waals surface area (Å²) in [5.74, 6) is 0. The van der Waals surface area contributed by atoms with Crippen LogP contribution in [0.4, 0.5) is 17.1 Å². The SMILES string of the molecule is C[Si]1(C)c2cc(N(c3ccccc3)c3ccc4c5ccccc5n(-c5ccccc5)c4c3)ccc2-c2c1ccc1sc3ccccc3c21. The van der Waals surface area contributed by atoms with Gasteiger partial charge in [-0.15, -0.1) is 11.3 Å². The van der Waals surface area contributed by atoms with Crippen LogP contribution in [0.15, 0.2) is 158 Å². The second-order valence-electron chi connectivity index (χ2n) is 13.4. The Hall–Kier alpha value is -5.42. The van der Waals surface area contributed by atoms with Crippen molar-refractivity contribution in [2.24, 2.45) is 0 Å². The molecule has 0 unspecified atom stereocenters. The summed E-state index contributed by atoms with van der Waals surface area (Å²) in [4.78, 5) is 2.44. The van der Waals surface area contributed by atoms with Gasteiger partial charge in [-0.3, -0.25) is 0 Å². The molecule has 2 nitrogen and oxygen atoms in total. The van der Waals surface area contributed by atoms with Gasteiger partial charge >= 0.3 is 0 Å². The molecule has 0 N–H and O–H groups in total. The maximum atomic E-state index is 2.53. The van der Waals surface area contributed by atoms with E-state index in [-0.39, 0.29) is 0 Å². The van der Waals surface area contributed by atoms with Crippen LogP contribution in [-0.2, 0) is 0 Å². The molecular formula is C44H32N2SSi. The molecule has 0 saturated carbocycles. The molecule has 48 heavy (non-hydrogen) atoms. The van der Waals surface area contributed by atoms with Crippen molar-refractivity contribution < 1.29 is 0 Å². The number of anilines is 3. The Morgan fingerprint density at radius 1 is 0.500 bits per heavy atom. The first-order chi connectivity index (χ1) is 23.6. The largest absolute Gasteiger partial charge is 0.310 e. The van der Waals surface area contributed by atoms with Gasteiger partial charge in [-0.2, -0.15) is 0 Å². The van der Waals surface area contributed by atoms with Gasteiger partial charge in [-0.05, 0) is 88.2 Å². The van der Waals surface area contributed by atoms with E-state index in [0.29, 0.717) is 0 Å². The van der Waals surface area contributed by atoms with Crippen molar-refractivity contribution in [1.82, 2.24) is 4.57 Å². The summed E-state index contributed by atoms with van der Waals surface area (Å²) in [6, 6.07) is 58.3. The number of rotatable bonds is 4. The van der Waals surface area contributed by atoms with Crippen molar-refractivity contribution in [2.45, 2.75) is 13.1 Å². The number of thiophene rings is 1. The summed E-state index contributed by atoms with van der Waals surface area (Å²) in [5, 5.41) is 8.40. The average Bonchev–Trinajstić information content (AvgIpc) is 3.74. The quantitative estimate of drug-likeness (QED) is 0.172. The van der Waals surface area contributed by atoms with Crippen LogP contribution in [0.25, 0.3) is 58.8 Å². The van der Waals surface area contributed by atoms with Crippen LogP contribution >= 0.6 is 11.3 Å². The molecule has 9 aromatic rings. The van der Waals surface area contributed by atoms with Crippen LogP contribution in [0.2, 0.25) is 13.1 Å². The van der Waals surface area contributed by atoms with Crippen LogP contribution in [0.5, 0.6) is 0 Å². The summed E-state index contributed by atoms with van der Waals surface area (Å²) in [7, 11) is -1.98. The summed E-state index contributed by atoms with van der Waals surface area (Å²) in [6.07, 6.45) is 0. The third-order valence-corrected chi connectivity index (χ3v) is 15.0. The van der Waals surface area contributed by atoms with Crippen LogP contribution in [0.3, 0.4) is 0 Å². The molecule has 0 aliphatic carbocycles.